The van der Waals surface area contributed by atoms with Crippen LogP contribution in [0, 0.1) is 6.92 Å². The first-order valence-corrected chi connectivity index (χ1v) is 8.91. The summed E-state index contributed by atoms with van der Waals surface area (Å²) in [6.45, 7) is 1.85. The number of ether oxygens (including phenoxy) is 1. The van der Waals surface area contributed by atoms with Crippen molar-refractivity contribution in [2.45, 2.75) is 13.3 Å². The van der Waals surface area contributed by atoms with E-state index in [9.17, 15) is 14.7 Å². The van der Waals surface area contributed by atoms with Crippen molar-refractivity contribution in [1.29, 1.82) is 0 Å². The van der Waals surface area contributed by atoms with Crippen LogP contribution >= 0.6 is 27.5 Å². The summed E-state index contributed by atoms with van der Waals surface area (Å²) >= 11 is 9.19. The van der Waals surface area contributed by atoms with Crippen molar-refractivity contribution in [2.24, 2.45) is 5.10 Å². The van der Waals surface area contributed by atoms with Crippen molar-refractivity contribution in [3.63, 3.8) is 0 Å². The van der Waals surface area contributed by atoms with Crippen molar-refractivity contribution in [1.82, 2.24) is 5.43 Å². The summed E-state index contributed by atoms with van der Waals surface area (Å²) in [6.07, 6.45) is 0.966. The van der Waals surface area contributed by atoms with Crippen molar-refractivity contribution in [3.05, 3.63) is 51.0 Å². The van der Waals surface area contributed by atoms with Crippen LogP contribution in [0.5, 0.6) is 11.5 Å². The van der Waals surface area contributed by atoms with E-state index >= 15 is 0 Å². The topological polar surface area (TPSA) is 100 Å². The van der Waals surface area contributed by atoms with Gasteiger partial charge in [0.05, 0.1) is 17.8 Å². The monoisotopic (exact) mass is 453 g/mol. The van der Waals surface area contributed by atoms with Crippen LogP contribution in [-0.2, 0) is 9.59 Å². The highest BCUT2D eigenvalue weighted by molar-refractivity contribution is 9.10. The number of methoxy groups -OCH3 is 1. The van der Waals surface area contributed by atoms with Gasteiger partial charge in [-0.2, -0.15) is 5.10 Å². The lowest BCUT2D eigenvalue weighted by Gasteiger charge is -2.07. The second-order valence-corrected chi connectivity index (χ2v) is 6.80. The van der Waals surface area contributed by atoms with Crippen LogP contribution in [0.2, 0.25) is 5.02 Å². The van der Waals surface area contributed by atoms with Gasteiger partial charge in [0, 0.05) is 10.7 Å². The molecule has 2 aromatic carbocycles. The molecule has 0 aliphatic carbocycles. The summed E-state index contributed by atoms with van der Waals surface area (Å²) in [5, 5.41) is 16.7. The minimum atomic E-state index is -0.577. The van der Waals surface area contributed by atoms with Crippen molar-refractivity contribution in [2.75, 3.05) is 12.4 Å². The first-order valence-electron chi connectivity index (χ1n) is 7.74. The number of amides is 2. The SMILES string of the molecule is COc1cc(C=NNC(=O)CC(=O)Nc2ccc(C)c(Cl)c2)cc(Br)c1O. The molecule has 0 radical (unpaired) electrons. The number of carbonyl (C=O) groups excluding carboxylic acids is 2. The number of nitrogens with zero attached hydrogens (tertiary/aromatic N) is 1. The zero-order valence-electron chi connectivity index (χ0n) is 14.5. The van der Waals surface area contributed by atoms with Crippen LogP contribution in [0.4, 0.5) is 5.69 Å². The first-order chi connectivity index (χ1) is 12.8. The highest BCUT2D eigenvalue weighted by atomic mass is 79.9. The summed E-state index contributed by atoms with van der Waals surface area (Å²) in [6, 6.07) is 8.23. The third-order valence-electron chi connectivity index (χ3n) is 3.45. The molecule has 0 unspecified atom stereocenters. The zero-order valence-corrected chi connectivity index (χ0v) is 16.9. The molecule has 0 atom stereocenters. The van der Waals surface area contributed by atoms with Crippen LogP contribution in [0.15, 0.2) is 39.9 Å². The number of aryl methyl sites for hydroxylation is 1. The van der Waals surface area contributed by atoms with E-state index in [2.05, 4.69) is 31.8 Å². The number of phenolic OH excluding ortho intramolecular Hbond substituents is 1. The standard InChI is InChI=1S/C18H17BrClN3O4/c1-10-3-4-12(7-14(10)20)22-16(24)8-17(25)23-21-9-11-5-13(19)18(26)15(6-11)27-2/h3-7,9,26H,8H2,1-2H3,(H,22,24)(H,23,25). The van der Waals surface area contributed by atoms with Gasteiger partial charge in [0.1, 0.15) is 6.42 Å². The van der Waals surface area contributed by atoms with Crippen LogP contribution in [0.3, 0.4) is 0 Å². The van der Waals surface area contributed by atoms with Crippen LogP contribution < -0.4 is 15.5 Å². The Labute approximate surface area is 169 Å². The van der Waals surface area contributed by atoms with Gasteiger partial charge in [-0.05, 0) is 58.2 Å². The maximum absolute atomic E-state index is 11.9. The van der Waals surface area contributed by atoms with Crippen LogP contribution in [-0.4, -0.2) is 30.2 Å². The van der Waals surface area contributed by atoms with Crippen LogP contribution in [0.25, 0.3) is 0 Å². The summed E-state index contributed by atoms with van der Waals surface area (Å²) in [5.74, 6) is -0.844. The summed E-state index contributed by atoms with van der Waals surface area (Å²) < 4.78 is 5.45. The van der Waals surface area contributed by atoms with Gasteiger partial charge in [0.15, 0.2) is 11.5 Å². The van der Waals surface area contributed by atoms with Gasteiger partial charge in [-0.1, -0.05) is 17.7 Å². The van der Waals surface area contributed by atoms with Crippen LogP contribution in [0.1, 0.15) is 17.5 Å². The highest BCUT2D eigenvalue weighted by Crippen LogP contribution is 2.34. The lowest BCUT2D eigenvalue weighted by molar-refractivity contribution is -0.126. The molecule has 142 valence electrons. The smallest absolute Gasteiger partial charge is 0.249 e. The Hall–Kier alpha value is -2.58. The molecule has 0 bridgehead atoms. The lowest BCUT2D eigenvalue weighted by atomic mass is 10.2. The third kappa shape index (κ3) is 5.97. The predicted octanol–water partition coefficient (Wildman–Crippen LogP) is 3.60. The van der Waals surface area contributed by atoms with E-state index in [1.807, 2.05) is 6.92 Å². The number of phenols is 1. The highest BCUT2D eigenvalue weighted by Gasteiger charge is 2.10. The molecule has 3 N–H and O–H groups in total. The molecular formula is C18H17BrClN3O4. The fraction of sp³-hybridized carbons (Fsp3) is 0.167. The predicted molar refractivity (Wildman–Crippen MR) is 108 cm³/mol. The van der Waals surface area contributed by atoms with Gasteiger partial charge < -0.3 is 15.2 Å². The molecule has 0 spiro atoms. The average Bonchev–Trinajstić information content (AvgIpc) is 2.60. The Morgan fingerprint density at radius 3 is 2.70 bits per heavy atom. The van der Waals surface area contributed by atoms with E-state index in [4.69, 9.17) is 16.3 Å². The number of benzene rings is 2. The zero-order chi connectivity index (χ0) is 20.0. The average molecular weight is 455 g/mol. The number of hydrazone groups is 1. The molecule has 0 fully saturated rings. The molecule has 7 nitrogen and oxygen atoms in total. The molecule has 0 aliphatic rings. The minimum absolute atomic E-state index is 0.0356. The molecule has 0 saturated carbocycles. The second-order valence-electron chi connectivity index (χ2n) is 5.54. The van der Waals surface area contributed by atoms with Gasteiger partial charge in [0.25, 0.3) is 0 Å². The van der Waals surface area contributed by atoms with Crippen molar-refractivity contribution < 1.29 is 19.4 Å². The summed E-state index contributed by atoms with van der Waals surface area (Å²) in [5.41, 5.74) is 4.24. The van der Waals surface area contributed by atoms with Gasteiger partial charge in [-0.3, -0.25) is 9.59 Å². The molecule has 0 saturated heterocycles. The Kier molecular flexibility index (Phi) is 7.20. The molecule has 9 heteroatoms. The molecule has 0 aromatic heterocycles. The second kappa shape index (κ2) is 9.38. The number of nitrogens with one attached hydrogen (secondary N) is 2. The van der Waals surface area contributed by atoms with E-state index in [-0.39, 0.29) is 11.5 Å². The lowest BCUT2D eigenvalue weighted by Crippen LogP contribution is -2.24. The fourth-order valence-electron chi connectivity index (χ4n) is 2.06. The van der Waals surface area contributed by atoms with E-state index in [0.717, 1.165) is 5.56 Å². The molecule has 27 heavy (non-hydrogen) atoms. The van der Waals surface area contributed by atoms with E-state index < -0.39 is 18.2 Å². The summed E-state index contributed by atoms with van der Waals surface area (Å²) in [7, 11) is 1.42. The van der Waals surface area contributed by atoms with Gasteiger partial charge in [-0.15, -0.1) is 0 Å². The quantitative estimate of drug-likeness (QED) is 0.353. The number of hydrogen-bond acceptors (Lipinski definition) is 5. The molecule has 2 aromatic rings. The number of hydrogen-bond donors (Lipinski definition) is 3. The van der Waals surface area contributed by atoms with E-state index in [1.54, 1.807) is 30.3 Å². The Morgan fingerprint density at radius 2 is 2.04 bits per heavy atom. The van der Waals surface area contributed by atoms with Gasteiger partial charge in [-0.25, -0.2) is 5.43 Å². The van der Waals surface area contributed by atoms with Gasteiger partial charge in [0.2, 0.25) is 11.8 Å². The molecular weight excluding hydrogens is 438 g/mol. The molecule has 2 rings (SSSR count). The third-order valence-corrected chi connectivity index (χ3v) is 4.46. The van der Waals surface area contributed by atoms with Gasteiger partial charge >= 0.3 is 0 Å². The molecule has 2 amide bonds. The summed E-state index contributed by atoms with van der Waals surface area (Å²) in [4.78, 5) is 23.7. The normalized spacial score (nSPS) is 10.7. The number of halogens is 2. The Balaban J connectivity index is 1.90. The first kappa shape index (κ1) is 20.7. The maximum atomic E-state index is 11.9. The molecule has 0 heterocycles. The Bertz CT molecular complexity index is 902. The van der Waals surface area contributed by atoms with Crippen molar-refractivity contribution in [3.8, 4) is 11.5 Å². The minimum Gasteiger partial charge on any atom is -0.503 e. The Morgan fingerprint density at radius 1 is 1.30 bits per heavy atom. The number of aromatic hydroxyl groups is 1. The van der Waals surface area contributed by atoms with Crippen molar-refractivity contribution >= 4 is 51.2 Å². The number of carbonyl (C=O) groups is 2. The number of anilines is 1. The largest absolute Gasteiger partial charge is 0.503 e. The molecule has 0 aliphatic heterocycles. The van der Waals surface area contributed by atoms with E-state index in [0.29, 0.717) is 20.7 Å². The number of rotatable bonds is 6. The maximum Gasteiger partial charge on any atom is 0.249 e. The van der Waals surface area contributed by atoms with E-state index in [1.165, 1.54) is 13.3 Å². The fourth-order valence-corrected chi connectivity index (χ4v) is 2.70.